The van der Waals surface area contributed by atoms with Gasteiger partial charge in [-0.2, -0.15) is 0 Å². The quantitative estimate of drug-likeness (QED) is 0.703. The topological polar surface area (TPSA) is 38.0 Å². The van der Waals surface area contributed by atoms with Crippen molar-refractivity contribution < 1.29 is 0 Å². The van der Waals surface area contributed by atoms with Gasteiger partial charge in [0.05, 0.1) is 5.54 Å². The predicted octanol–water partition coefficient (Wildman–Crippen LogP) is 1.45. The first-order valence-electron chi connectivity index (χ1n) is 5.20. The van der Waals surface area contributed by atoms with E-state index in [-0.39, 0.29) is 5.54 Å². The van der Waals surface area contributed by atoms with Gasteiger partial charge >= 0.3 is 0 Å². The van der Waals surface area contributed by atoms with Gasteiger partial charge < -0.3 is 11.1 Å². The first kappa shape index (κ1) is 9.69. The van der Waals surface area contributed by atoms with Crippen LogP contribution in [0.1, 0.15) is 23.1 Å². The van der Waals surface area contributed by atoms with Crippen LogP contribution in [-0.4, -0.2) is 13.1 Å². The van der Waals surface area contributed by atoms with E-state index in [4.69, 9.17) is 5.73 Å². The van der Waals surface area contributed by atoms with Crippen molar-refractivity contribution in [2.45, 2.75) is 25.8 Å². The second kappa shape index (κ2) is 3.37. The van der Waals surface area contributed by atoms with Crippen molar-refractivity contribution in [1.29, 1.82) is 0 Å². The van der Waals surface area contributed by atoms with Crippen LogP contribution in [0, 0.1) is 13.8 Å². The average molecular weight is 190 g/mol. The molecule has 1 aromatic carbocycles. The lowest BCUT2D eigenvalue weighted by molar-refractivity contribution is 0.488. The molecule has 2 nitrogen and oxygen atoms in total. The summed E-state index contributed by atoms with van der Waals surface area (Å²) in [6.07, 6.45) is 1.04. The molecule has 1 aliphatic heterocycles. The van der Waals surface area contributed by atoms with Gasteiger partial charge in [0.15, 0.2) is 0 Å². The van der Waals surface area contributed by atoms with Crippen LogP contribution < -0.4 is 11.1 Å². The third-order valence-electron chi connectivity index (χ3n) is 3.17. The Kier molecular flexibility index (Phi) is 2.33. The Morgan fingerprint density at radius 1 is 1.29 bits per heavy atom. The molecule has 0 aromatic heterocycles. The van der Waals surface area contributed by atoms with Gasteiger partial charge in [0, 0.05) is 6.54 Å². The van der Waals surface area contributed by atoms with E-state index in [1.165, 1.54) is 16.7 Å². The lowest BCUT2D eigenvalue weighted by Gasteiger charge is -2.27. The third kappa shape index (κ3) is 1.45. The van der Waals surface area contributed by atoms with E-state index in [1.54, 1.807) is 0 Å². The highest BCUT2D eigenvalue weighted by Gasteiger charge is 2.33. The van der Waals surface area contributed by atoms with Crippen molar-refractivity contribution in [3.05, 3.63) is 34.9 Å². The molecule has 0 spiro atoms. The summed E-state index contributed by atoms with van der Waals surface area (Å²) in [4.78, 5) is 0. The Morgan fingerprint density at radius 2 is 1.93 bits per heavy atom. The maximum atomic E-state index is 6.42. The normalized spacial score (nSPS) is 26.8. The number of aryl methyl sites for hydroxylation is 2. The van der Waals surface area contributed by atoms with E-state index in [9.17, 15) is 0 Å². The summed E-state index contributed by atoms with van der Waals surface area (Å²) >= 11 is 0. The molecule has 14 heavy (non-hydrogen) atoms. The molecule has 0 bridgehead atoms. The molecular formula is C12H18N2. The third-order valence-corrected chi connectivity index (χ3v) is 3.17. The van der Waals surface area contributed by atoms with Crippen molar-refractivity contribution in [3.63, 3.8) is 0 Å². The Balaban J connectivity index is 2.49. The first-order valence-corrected chi connectivity index (χ1v) is 5.20. The molecule has 2 heteroatoms. The maximum Gasteiger partial charge on any atom is 0.0553 e. The van der Waals surface area contributed by atoms with Crippen molar-refractivity contribution >= 4 is 0 Å². The molecule has 1 saturated heterocycles. The van der Waals surface area contributed by atoms with Crippen molar-refractivity contribution in [2.24, 2.45) is 5.73 Å². The summed E-state index contributed by atoms with van der Waals surface area (Å²) < 4.78 is 0. The number of rotatable bonds is 1. The zero-order chi connectivity index (χ0) is 10.2. The van der Waals surface area contributed by atoms with Crippen LogP contribution >= 0.6 is 0 Å². The summed E-state index contributed by atoms with van der Waals surface area (Å²) in [5.74, 6) is 0. The molecule has 3 N–H and O–H groups in total. The molecule has 1 aliphatic rings. The molecule has 1 aromatic rings. The molecule has 1 fully saturated rings. The summed E-state index contributed by atoms with van der Waals surface area (Å²) in [6, 6.07) is 6.39. The summed E-state index contributed by atoms with van der Waals surface area (Å²) in [5, 5.41) is 3.34. The van der Waals surface area contributed by atoms with E-state index >= 15 is 0 Å². The van der Waals surface area contributed by atoms with Crippen LogP contribution in [0.3, 0.4) is 0 Å². The Hall–Kier alpha value is -0.860. The summed E-state index contributed by atoms with van der Waals surface area (Å²) in [5.41, 5.74) is 10.2. The van der Waals surface area contributed by atoms with Crippen LogP contribution in [0.4, 0.5) is 0 Å². The molecule has 0 aliphatic carbocycles. The van der Waals surface area contributed by atoms with Crippen LogP contribution in [0.2, 0.25) is 0 Å². The minimum absolute atomic E-state index is 0.143. The highest BCUT2D eigenvalue weighted by molar-refractivity contribution is 5.40. The van der Waals surface area contributed by atoms with Gasteiger partial charge in [0.2, 0.25) is 0 Å². The Bertz CT molecular complexity index is 318. The average Bonchev–Trinajstić information content (AvgIpc) is 2.52. The Morgan fingerprint density at radius 3 is 2.43 bits per heavy atom. The lowest BCUT2D eigenvalue weighted by atomic mass is 9.84. The van der Waals surface area contributed by atoms with E-state index in [0.717, 1.165) is 19.5 Å². The molecule has 1 atom stereocenters. The number of nitrogens with one attached hydrogen (secondary N) is 1. The SMILES string of the molecule is Cc1cccc(C)c1C1(N)CCNC1. The fourth-order valence-corrected chi connectivity index (χ4v) is 2.52. The summed E-state index contributed by atoms with van der Waals surface area (Å²) in [7, 11) is 0. The monoisotopic (exact) mass is 190 g/mol. The molecular weight excluding hydrogens is 172 g/mol. The molecule has 0 radical (unpaired) electrons. The zero-order valence-electron chi connectivity index (χ0n) is 8.93. The van der Waals surface area contributed by atoms with Crippen LogP contribution in [-0.2, 0) is 5.54 Å². The number of hydrogen-bond acceptors (Lipinski definition) is 2. The van der Waals surface area contributed by atoms with Crippen LogP contribution in [0.5, 0.6) is 0 Å². The van der Waals surface area contributed by atoms with Gasteiger partial charge in [-0.05, 0) is 43.5 Å². The molecule has 76 valence electrons. The second-order valence-electron chi connectivity index (χ2n) is 4.35. The smallest absolute Gasteiger partial charge is 0.0553 e. The lowest BCUT2D eigenvalue weighted by Crippen LogP contribution is -2.40. The second-order valence-corrected chi connectivity index (χ2v) is 4.35. The zero-order valence-corrected chi connectivity index (χ0v) is 8.93. The van der Waals surface area contributed by atoms with Gasteiger partial charge in [-0.3, -0.25) is 0 Å². The highest BCUT2D eigenvalue weighted by atomic mass is 15.0. The molecule has 1 heterocycles. The van der Waals surface area contributed by atoms with Gasteiger partial charge in [-0.15, -0.1) is 0 Å². The van der Waals surface area contributed by atoms with Crippen molar-refractivity contribution in [1.82, 2.24) is 5.32 Å². The fraction of sp³-hybridized carbons (Fsp3) is 0.500. The van der Waals surface area contributed by atoms with E-state index in [2.05, 4.69) is 37.4 Å². The minimum atomic E-state index is -0.143. The summed E-state index contributed by atoms with van der Waals surface area (Å²) in [6.45, 7) is 6.23. The highest BCUT2D eigenvalue weighted by Crippen LogP contribution is 2.30. The van der Waals surface area contributed by atoms with E-state index in [0.29, 0.717) is 0 Å². The van der Waals surface area contributed by atoms with Crippen molar-refractivity contribution in [2.75, 3.05) is 13.1 Å². The standard InChI is InChI=1S/C12H18N2/c1-9-4-3-5-10(2)11(9)12(13)6-7-14-8-12/h3-5,14H,6-8,13H2,1-2H3. The van der Waals surface area contributed by atoms with Crippen molar-refractivity contribution in [3.8, 4) is 0 Å². The van der Waals surface area contributed by atoms with Crippen LogP contribution in [0.15, 0.2) is 18.2 Å². The molecule has 2 rings (SSSR count). The van der Waals surface area contributed by atoms with Gasteiger partial charge in [0.1, 0.15) is 0 Å². The molecule has 0 saturated carbocycles. The predicted molar refractivity (Wildman–Crippen MR) is 59.3 cm³/mol. The van der Waals surface area contributed by atoms with Gasteiger partial charge in [-0.25, -0.2) is 0 Å². The first-order chi connectivity index (χ1) is 6.63. The van der Waals surface area contributed by atoms with E-state index < -0.39 is 0 Å². The number of hydrogen-bond donors (Lipinski definition) is 2. The maximum absolute atomic E-state index is 6.42. The number of benzene rings is 1. The van der Waals surface area contributed by atoms with Gasteiger partial charge in [0.25, 0.3) is 0 Å². The Labute approximate surface area is 85.5 Å². The molecule has 0 amide bonds. The minimum Gasteiger partial charge on any atom is -0.320 e. The fourth-order valence-electron chi connectivity index (χ4n) is 2.52. The number of nitrogens with two attached hydrogens (primary N) is 1. The molecule has 1 unspecified atom stereocenters. The van der Waals surface area contributed by atoms with Gasteiger partial charge in [-0.1, -0.05) is 18.2 Å². The largest absolute Gasteiger partial charge is 0.320 e. The van der Waals surface area contributed by atoms with Crippen LogP contribution in [0.25, 0.3) is 0 Å². The van der Waals surface area contributed by atoms with E-state index in [1.807, 2.05) is 0 Å².